The van der Waals surface area contributed by atoms with Crippen molar-refractivity contribution in [3.05, 3.63) is 66.1 Å². The molecule has 4 rings (SSSR count). The molecule has 1 unspecified atom stereocenters. The molecule has 0 amide bonds. The number of likely N-dealkylation sites (tertiary alicyclic amines) is 1. The highest BCUT2D eigenvalue weighted by atomic mass is 16.5. The number of carboxylic acids is 1. The predicted octanol–water partition coefficient (Wildman–Crippen LogP) is 3.53. The number of hydrogen-bond acceptors (Lipinski definition) is 6. The van der Waals surface area contributed by atoms with E-state index in [-0.39, 0.29) is 5.92 Å². The molecule has 0 radical (unpaired) electrons. The molecule has 176 valence electrons. The number of aromatic nitrogens is 2. The van der Waals surface area contributed by atoms with E-state index in [2.05, 4.69) is 26.7 Å². The van der Waals surface area contributed by atoms with Gasteiger partial charge in [0.1, 0.15) is 11.4 Å². The summed E-state index contributed by atoms with van der Waals surface area (Å²) >= 11 is 0. The average molecular weight is 460 g/mol. The Labute approximate surface area is 199 Å². The van der Waals surface area contributed by atoms with E-state index in [1.807, 2.05) is 42.5 Å². The van der Waals surface area contributed by atoms with Crippen LogP contribution in [0, 0.1) is 23.7 Å². The fraction of sp³-hybridized carbons (Fsp3) is 0.370. The van der Waals surface area contributed by atoms with E-state index in [1.165, 1.54) is 0 Å². The largest absolute Gasteiger partial charge is 0.497 e. The molecule has 0 spiro atoms. The molecule has 1 saturated heterocycles. The summed E-state index contributed by atoms with van der Waals surface area (Å²) in [5.41, 5.74) is 2.29. The van der Waals surface area contributed by atoms with Crippen molar-refractivity contribution in [1.29, 1.82) is 0 Å². The molecule has 3 aromatic rings. The van der Waals surface area contributed by atoms with Gasteiger partial charge in [0.2, 0.25) is 0 Å². The van der Waals surface area contributed by atoms with Crippen LogP contribution in [0.5, 0.6) is 5.75 Å². The summed E-state index contributed by atoms with van der Waals surface area (Å²) in [5.74, 6) is 5.58. The normalized spacial score (nSPS) is 19.2. The Bertz CT molecular complexity index is 1190. The van der Waals surface area contributed by atoms with Crippen molar-refractivity contribution in [3.8, 4) is 17.6 Å². The van der Waals surface area contributed by atoms with E-state index in [1.54, 1.807) is 19.5 Å². The first-order valence-electron chi connectivity index (χ1n) is 11.5. The molecular formula is C27H29N3O4. The molecule has 0 saturated carbocycles. The molecule has 1 aromatic carbocycles. The number of piperidine rings is 1. The topological polar surface area (TPSA) is 95.8 Å². The van der Waals surface area contributed by atoms with Gasteiger partial charge in [0, 0.05) is 24.3 Å². The summed E-state index contributed by atoms with van der Waals surface area (Å²) in [6, 6.07) is 13.0. The first-order chi connectivity index (χ1) is 16.5. The number of rotatable bonds is 7. The summed E-state index contributed by atoms with van der Waals surface area (Å²) in [4.78, 5) is 22.7. The van der Waals surface area contributed by atoms with Crippen LogP contribution in [-0.4, -0.2) is 57.8 Å². The van der Waals surface area contributed by atoms with Crippen molar-refractivity contribution in [2.45, 2.75) is 25.4 Å². The molecule has 0 aliphatic carbocycles. The lowest BCUT2D eigenvalue weighted by Crippen LogP contribution is -2.44. The standard InChI is InChI=1S/C27H29N3O4/c1-34-21-8-9-25-23(17-21)22(11-14-29-25)26(31)10-7-19-12-16-30(18-24(19)27(32)33)15-4-6-20-5-2-3-13-28-20/h2-3,5,8-9,11,13-14,17,19,24,26,31H,7,10,12,15-16,18H2,1H3,(H,32,33)/t19-,24+,26?/m1/s1. The second-order valence-corrected chi connectivity index (χ2v) is 8.62. The fourth-order valence-corrected chi connectivity index (χ4v) is 4.61. The van der Waals surface area contributed by atoms with Crippen LogP contribution >= 0.6 is 0 Å². The third-order valence-electron chi connectivity index (χ3n) is 6.49. The van der Waals surface area contributed by atoms with E-state index in [0.29, 0.717) is 37.4 Å². The Morgan fingerprint density at radius 1 is 1.24 bits per heavy atom. The zero-order chi connectivity index (χ0) is 23.9. The van der Waals surface area contributed by atoms with Crippen molar-refractivity contribution in [1.82, 2.24) is 14.9 Å². The van der Waals surface area contributed by atoms with E-state index < -0.39 is 18.0 Å². The van der Waals surface area contributed by atoms with Gasteiger partial charge in [-0.25, -0.2) is 4.98 Å². The van der Waals surface area contributed by atoms with Gasteiger partial charge in [-0.2, -0.15) is 0 Å². The van der Waals surface area contributed by atoms with Crippen molar-refractivity contribution in [2.75, 3.05) is 26.7 Å². The molecule has 0 bridgehead atoms. The van der Waals surface area contributed by atoms with Crippen molar-refractivity contribution in [3.63, 3.8) is 0 Å². The maximum Gasteiger partial charge on any atom is 0.308 e. The number of fused-ring (bicyclic) bond motifs is 1. The summed E-state index contributed by atoms with van der Waals surface area (Å²) in [6.45, 7) is 1.76. The highest BCUT2D eigenvalue weighted by molar-refractivity contribution is 5.83. The highest BCUT2D eigenvalue weighted by Crippen LogP contribution is 2.33. The number of hydrogen-bond donors (Lipinski definition) is 2. The van der Waals surface area contributed by atoms with Gasteiger partial charge in [0.05, 0.1) is 31.2 Å². The first-order valence-corrected chi connectivity index (χ1v) is 11.5. The Hall–Kier alpha value is -3.47. The molecule has 34 heavy (non-hydrogen) atoms. The predicted molar refractivity (Wildman–Crippen MR) is 129 cm³/mol. The first kappa shape index (κ1) is 23.7. The molecule has 2 N–H and O–H groups in total. The van der Waals surface area contributed by atoms with Gasteiger partial charge < -0.3 is 14.9 Å². The van der Waals surface area contributed by atoms with Gasteiger partial charge in [-0.1, -0.05) is 12.0 Å². The number of benzene rings is 1. The molecule has 3 atom stereocenters. The maximum absolute atomic E-state index is 12.0. The number of aliphatic hydroxyl groups excluding tert-OH is 1. The van der Waals surface area contributed by atoms with Gasteiger partial charge in [-0.15, -0.1) is 0 Å². The van der Waals surface area contributed by atoms with Crippen LogP contribution in [0.4, 0.5) is 0 Å². The minimum atomic E-state index is -0.791. The lowest BCUT2D eigenvalue weighted by Gasteiger charge is -2.36. The molecule has 7 nitrogen and oxygen atoms in total. The Morgan fingerprint density at radius 3 is 2.88 bits per heavy atom. The number of carbonyl (C=O) groups is 1. The van der Waals surface area contributed by atoms with Crippen LogP contribution < -0.4 is 4.74 Å². The maximum atomic E-state index is 12.0. The number of aliphatic carboxylic acids is 1. The zero-order valence-electron chi connectivity index (χ0n) is 19.2. The van der Waals surface area contributed by atoms with E-state index in [4.69, 9.17) is 4.74 Å². The van der Waals surface area contributed by atoms with Crippen LogP contribution in [0.25, 0.3) is 10.9 Å². The Balaban J connectivity index is 1.38. The molecule has 1 aliphatic heterocycles. The van der Waals surface area contributed by atoms with Crippen molar-refractivity contribution >= 4 is 16.9 Å². The Kier molecular flexibility index (Phi) is 7.73. The van der Waals surface area contributed by atoms with E-state index in [0.717, 1.165) is 29.4 Å². The number of nitrogens with zero attached hydrogens (tertiary/aromatic N) is 3. The van der Waals surface area contributed by atoms with Gasteiger partial charge in [0.25, 0.3) is 0 Å². The second kappa shape index (κ2) is 11.1. The van der Waals surface area contributed by atoms with E-state index in [9.17, 15) is 15.0 Å². The van der Waals surface area contributed by atoms with Crippen LogP contribution in [0.1, 0.15) is 36.6 Å². The summed E-state index contributed by atoms with van der Waals surface area (Å²) in [5, 5.41) is 21.7. The minimum Gasteiger partial charge on any atom is -0.497 e. The number of pyridine rings is 2. The van der Waals surface area contributed by atoms with Gasteiger partial charge >= 0.3 is 5.97 Å². The van der Waals surface area contributed by atoms with E-state index >= 15 is 0 Å². The number of aliphatic hydroxyl groups is 1. The van der Waals surface area contributed by atoms with Crippen molar-refractivity contribution < 1.29 is 19.7 Å². The molecule has 7 heteroatoms. The van der Waals surface area contributed by atoms with Gasteiger partial charge in [-0.05, 0) is 79.6 Å². The Morgan fingerprint density at radius 2 is 2.12 bits per heavy atom. The van der Waals surface area contributed by atoms with Crippen LogP contribution in [-0.2, 0) is 4.79 Å². The van der Waals surface area contributed by atoms with Crippen LogP contribution in [0.2, 0.25) is 0 Å². The lowest BCUT2D eigenvalue weighted by molar-refractivity contribution is -0.146. The number of carboxylic acid groups (broad SMARTS) is 1. The molecule has 1 aliphatic rings. The number of ether oxygens (including phenoxy) is 1. The fourth-order valence-electron chi connectivity index (χ4n) is 4.61. The number of methoxy groups -OCH3 is 1. The quantitative estimate of drug-likeness (QED) is 0.522. The lowest BCUT2D eigenvalue weighted by atomic mass is 9.81. The molecular weight excluding hydrogens is 430 g/mol. The summed E-state index contributed by atoms with van der Waals surface area (Å²) in [7, 11) is 1.61. The van der Waals surface area contributed by atoms with Gasteiger partial charge in [-0.3, -0.25) is 14.7 Å². The smallest absolute Gasteiger partial charge is 0.308 e. The minimum absolute atomic E-state index is 0.00906. The third kappa shape index (κ3) is 5.71. The molecule has 2 aromatic heterocycles. The average Bonchev–Trinajstić information content (AvgIpc) is 2.87. The van der Waals surface area contributed by atoms with Crippen molar-refractivity contribution in [2.24, 2.45) is 11.8 Å². The summed E-state index contributed by atoms with van der Waals surface area (Å²) < 4.78 is 5.32. The third-order valence-corrected chi connectivity index (χ3v) is 6.49. The zero-order valence-corrected chi connectivity index (χ0v) is 19.2. The SMILES string of the molecule is COc1ccc2nccc(C(O)CC[C@@H]3CCN(CC#Cc4ccccn4)C[C@@H]3C(=O)O)c2c1. The monoisotopic (exact) mass is 459 g/mol. The van der Waals surface area contributed by atoms with Gasteiger partial charge in [0.15, 0.2) is 0 Å². The van der Waals surface area contributed by atoms with Crippen LogP contribution in [0.3, 0.4) is 0 Å². The molecule has 1 fully saturated rings. The summed E-state index contributed by atoms with van der Waals surface area (Å²) in [6.07, 6.45) is 4.59. The highest BCUT2D eigenvalue weighted by Gasteiger charge is 2.34. The molecule has 3 heterocycles. The second-order valence-electron chi connectivity index (χ2n) is 8.62. The van der Waals surface area contributed by atoms with Crippen LogP contribution in [0.15, 0.2) is 54.9 Å².